The number of para-hydroxylation sites is 1. The Morgan fingerprint density at radius 3 is 2.95 bits per heavy atom. The molecule has 0 unspecified atom stereocenters. The molecule has 1 aromatic carbocycles. The lowest BCUT2D eigenvalue weighted by Crippen LogP contribution is -2.26. The van der Waals surface area contributed by atoms with Crippen molar-refractivity contribution in [2.24, 2.45) is 0 Å². The molecule has 3 rings (SSSR count). The lowest BCUT2D eigenvalue weighted by molar-refractivity contribution is 0.0828. The summed E-state index contributed by atoms with van der Waals surface area (Å²) in [6, 6.07) is 7.54. The lowest BCUT2D eigenvalue weighted by Gasteiger charge is -2.21. The quantitative estimate of drug-likeness (QED) is 0.899. The number of anilines is 3. The Balaban J connectivity index is 2.06. The van der Waals surface area contributed by atoms with Crippen LogP contribution in [0.25, 0.3) is 0 Å². The number of hydrogen-bond acceptors (Lipinski definition) is 5. The van der Waals surface area contributed by atoms with Crippen LogP contribution in [0, 0.1) is 0 Å². The molecule has 0 saturated carbocycles. The molecule has 1 aliphatic rings. The minimum absolute atomic E-state index is 0.0249. The van der Waals surface area contributed by atoms with E-state index in [-0.39, 0.29) is 5.91 Å². The van der Waals surface area contributed by atoms with Crippen LogP contribution in [-0.4, -0.2) is 41.5 Å². The van der Waals surface area contributed by atoms with Crippen molar-refractivity contribution in [3.05, 3.63) is 42.4 Å². The second kappa shape index (κ2) is 4.80. The topological polar surface area (TPSA) is 61.4 Å². The minimum atomic E-state index is -0.0249. The predicted octanol–water partition coefficient (Wildman–Crippen LogP) is 1.70. The number of carbonyl (C=O) groups excluding carboxylic acids is 1. The summed E-state index contributed by atoms with van der Waals surface area (Å²) < 4.78 is 0. The standard InChI is InChI=1S/C14H15N5O/c1-18(2)14(20)10-5-3-4-6-12(10)19-9-17-11-7-15-8-16-13(11)19/h3-8,17H,9H2,1-2H3. The maximum Gasteiger partial charge on any atom is 0.255 e. The molecule has 0 spiro atoms. The third-order valence-corrected chi connectivity index (χ3v) is 3.21. The highest BCUT2D eigenvalue weighted by molar-refractivity contribution is 6.01. The summed E-state index contributed by atoms with van der Waals surface area (Å²) >= 11 is 0. The summed E-state index contributed by atoms with van der Waals surface area (Å²) in [5, 5.41) is 3.22. The molecular weight excluding hydrogens is 254 g/mol. The van der Waals surface area contributed by atoms with Crippen LogP contribution in [-0.2, 0) is 0 Å². The highest BCUT2D eigenvalue weighted by Crippen LogP contribution is 2.35. The molecule has 2 aromatic rings. The van der Waals surface area contributed by atoms with Gasteiger partial charge in [0.05, 0.1) is 29.8 Å². The van der Waals surface area contributed by atoms with Crippen LogP contribution in [0.3, 0.4) is 0 Å². The second-order valence-electron chi connectivity index (χ2n) is 4.74. The van der Waals surface area contributed by atoms with Gasteiger partial charge in [-0.1, -0.05) is 12.1 Å². The Morgan fingerprint density at radius 2 is 2.15 bits per heavy atom. The Bertz CT molecular complexity index is 656. The van der Waals surface area contributed by atoms with E-state index >= 15 is 0 Å². The molecule has 0 fully saturated rings. The van der Waals surface area contributed by atoms with E-state index in [1.54, 1.807) is 25.2 Å². The van der Waals surface area contributed by atoms with Gasteiger partial charge in [0.15, 0.2) is 5.82 Å². The fourth-order valence-corrected chi connectivity index (χ4v) is 2.23. The van der Waals surface area contributed by atoms with Crippen LogP contribution >= 0.6 is 0 Å². The van der Waals surface area contributed by atoms with Crippen molar-refractivity contribution in [1.29, 1.82) is 0 Å². The number of nitrogens with zero attached hydrogens (tertiary/aromatic N) is 4. The van der Waals surface area contributed by atoms with E-state index in [2.05, 4.69) is 15.3 Å². The number of benzene rings is 1. The molecule has 0 radical (unpaired) electrons. The first-order valence-corrected chi connectivity index (χ1v) is 6.30. The number of hydrogen-bond donors (Lipinski definition) is 1. The zero-order valence-corrected chi connectivity index (χ0v) is 11.4. The average Bonchev–Trinajstić information content (AvgIpc) is 2.90. The van der Waals surface area contributed by atoms with Gasteiger partial charge in [0.1, 0.15) is 6.33 Å². The maximum absolute atomic E-state index is 12.3. The lowest BCUT2D eigenvalue weighted by atomic mass is 10.1. The molecule has 20 heavy (non-hydrogen) atoms. The Labute approximate surface area is 117 Å². The van der Waals surface area contributed by atoms with Gasteiger partial charge in [-0.15, -0.1) is 0 Å². The van der Waals surface area contributed by atoms with Gasteiger partial charge in [0.2, 0.25) is 0 Å². The molecule has 1 aliphatic heterocycles. The molecule has 0 saturated heterocycles. The molecule has 1 amide bonds. The average molecular weight is 269 g/mol. The van der Waals surface area contributed by atoms with Gasteiger partial charge < -0.3 is 15.1 Å². The summed E-state index contributed by atoms with van der Waals surface area (Å²) in [6.07, 6.45) is 3.24. The summed E-state index contributed by atoms with van der Waals surface area (Å²) in [6.45, 7) is 0.575. The summed E-state index contributed by atoms with van der Waals surface area (Å²) in [7, 11) is 3.49. The molecule has 1 N–H and O–H groups in total. The molecule has 102 valence electrons. The van der Waals surface area contributed by atoms with E-state index in [4.69, 9.17) is 0 Å². The number of aromatic nitrogens is 2. The molecule has 6 nitrogen and oxygen atoms in total. The predicted molar refractivity (Wildman–Crippen MR) is 77.1 cm³/mol. The second-order valence-corrected chi connectivity index (χ2v) is 4.74. The van der Waals surface area contributed by atoms with Gasteiger partial charge in [0.25, 0.3) is 5.91 Å². The van der Waals surface area contributed by atoms with Gasteiger partial charge in [-0.2, -0.15) is 0 Å². The minimum Gasteiger partial charge on any atom is -0.363 e. The van der Waals surface area contributed by atoms with Crippen LogP contribution in [0.2, 0.25) is 0 Å². The van der Waals surface area contributed by atoms with Crippen molar-refractivity contribution in [2.45, 2.75) is 0 Å². The summed E-state index contributed by atoms with van der Waals surface area (Å²) in [5.74, 6) is 0.766. The maximum atomic E-state index is 12.3. The molecule has 1 aromatic heterocycles. The Hall–Kier alpha value is -2.63. The first-order valence-electron chi connectivity index (χ1n) is 6.30. The van der Waals surface area contributed by atoms with Crippen molar-refractivity contribution < 1.29 is 4.79 Å². The van der Waals surface area contributed by atoms with Crippen LogP contribution in [0.1, 0.15) is 10.4 Å². The number of rotatable bonds is 2. The number of carbonyl (C=O) groups is 1. The third-order valence-electron chi connectivity index (χ3n) is 3.21. The van der Waals surface area contributed by atoms with Gasteiger partial charge in [-0.05, 0) is 12.1 Å². The third kappa shape index (κ3) is 1.95. The number of nitrogens with one attached hydrogen (secondary N) is 1. The zero-order chi connectivity index (χ0) is 14.1. The molecule has 2 heterocycles. The largest absolute Gasteiger partial charge is 0.363 e. The van der Waals surface area contributed by atoms with E-state index < -0.39 is 0 Å². The van der Waals surface area contributed by atoms with Crippen molar-refractivity contribution >= 4 is 23.1 Å². The van der Waals surface area contributed by atoms with Crippen LogP contribution < -0.4 is 10.2 Å². The van der Waals surface area contributed by atoms with E-state index in [0.29, 0.717) is 12.2 Å². The van der Waals surface area contributed by atoms with Gasteiger partial charge in [0, 0.05) is 14.1 Å². The SMILES string of the molecule is CN(C)C(=O)c1ccccc1N1CNc2cncnc21. The molecule has 6 heteroatoms. The first-order chi connectivity index (χ1) is 9.68. The number of amides is 1. The highest BCUT2D eigenvalue weighted by Gasteiger charge is 2.25. The monoisotopic (exact) mass is 269 g/mol. The zero-order valence-electron chi connectivity index (χ0n) is 11.4. The van der Waals surface area contributed by atoms with Crippen molar-refractivity contribution in [1.82, 2.24) is 14.9 Å². The van der Waals surface area contributed by atoms with E-state index in [0.717, 1.165) is 17.2 Å². The normalized spacial score (nSPS) is 12.8. The van der Waals surface area contributed by atoms with Crippen LogP contribution in [0.15, 0.2) is 36.8 Å². The molecule has 0 bridgehead atoms. The fourth-order valence-electron chi connectivity index (χ4n) is 2.23. The van der Waals surface area contributed by atoms with Crippen molar-refractivity contribution in [3.63, 3.8) is 0 Å². The fraction of sp³-hybridized carbons (Fsp3) is 0.214. The number of fused-ring (bicyclic) bond motifs is 1. The molecular formula is C14H15N5O. The smallest absolute Gasteiger partial charge is 0.255 e. The van der Waals surface area contributed by atoms with E-state index in [9.17, 15) is 4.79 Å². The van der Waals surface area contributed by atoms with Gasteiger partial charge in [-0.25, -0.2) is 9.97 Å². The summed E-state index contributed by atoms with van der Waals surface area (Å²) in [5.41, 5.74) is 2.38. The van der Waals surface area contributed by atoms with Crippen LogP contribution in [0.5, 0.6) is 0 Å². The van der Waals surface area contributed by atoms with Crippen LogP contribution in [0.4, 0.5) is 17.2 Å². The van der Waals surface area contributed by atoms with E-state index in [1.165, 1.54) is 6.33 Å². The molecule has 0 aliphatic carbocycles. The Morgan fingerprint density at radius 1 is 1.35 bits per heavy atom. The van der Waals surface area contributed by atoms with E-state index in [1.807, 2.05) is 29.2 Å². The van der Waals surface area contributed by atoms with Gasteiger partial charge in [-0.3, -0.25) is 4.79 Å². The van der Waals surface area contributed by atoms with Crippen molar-refractivity contribution in [2.75, 3.05) is 31.0 Å². The summed E-state index contributed by atoms with van der Waals surface area (Å²) in [4.78, 5) is 24.1. The Kier molecular flexibility index (Phi) is 2.98. The van der Waals surface area contributed by atoms with Gasteiger partial charge >= 0.3 is 0 Å². The van der Waals surface area contributed by atoms with Crippen molar-refractivity contribution in [3.8, 4) is 0 Å². The first kappa shape index (κ1) is 12.4. The highest BCUT2D eigenvalue weighted by atomic mass is 16.2. The molecule has 0 atom stereocenters.